The molecule has 3 aromatic rings. The molecule has 174 valence electrons. The van der Waals surface area contributed by atoms with Gasteiger partial charge in [-0.2, -0.15) is 18.3 Å². The number of hydrogen-bond donors (Lipinski definition) is 2. The van der Waals surface area contributed by atoms with Crippen molar-refractivity contribution in [3.05, 3.63) is 71.4 Å². The zero-order valence-corrected chi connectivity index (χ0v) is 17.5. The lowest BCUT2D eigenvalue weighted by molar-refractivity contribution is -0.137. The molecule has 2 heterocycles. The van der Waals surface area contributed by atoms with Gasteiger partial charge >= 0.3 is 6.18 Å². The number of halogens is 4. The molecule has 7 nitrogen and oxygen atoms in total. The van der Waals surface area contributed by atoms with E-state index in [2.05, 4.69) is 20.4 Å². The van der Waals surface area contributed by atoms with Crippen LogP contribution in [0.3, 0.4) is 0 Å². The molecule has 4 rings (SSSR count). The summed E-state index contributed by atoms with van der Waals surface area (Å²) < 4.78 is 54.5. The Hall–Kier alpha value is -3.34. The number of hydrogen-bond acceptors (Lipinski definition) is 6. The lowest BCUT2D eigenvalue weighted by Crippen LogP contribution is -2.32. The lowest BCUT2D eigenvalue weighted by Gasteiger charge is -2.18. The van der Waals surface area contributed by atoms with Gasteiger partial charge in [-0.1, -0.05) is 19.1 Å². The van der Waals surface area contributed by atoms with Crippen LogP contribution >= 0.6 is 0 Å². The van der Waals surface area contributed by atoms with E-state index in [-0.39, 0.29) is 29.5 Å². The molecule has 11 heteroatoms. The van der Waals surface area contributed by atoms with Gasteiger partial charge in [0.05, 0.1) is 29.8 Å². The number of nitrogens with one attached hydrogen (secondary N) is 1. The van der Waals surface area contributed by atoms with E-state index in [1.165, 1.54) is 41.6 Å². The van der Waals surface area contributed by atoms with Crippen LogP contribution in [0, 0.1) is 5.92 Å². The van der Waals surface area contributed by atoms with Crippen LogP contribution in [0.2, 0.25) is 0 Å². The number of aromatic nitrogens is 4. The molecule has 1 aliphatic rings. The fourth-order valence-electron chi connectivity index (χ4n) is 3.89. The van der Waals surface area contributed by atoms with Gasteiger partial charge < -0.3 is 10.4 Å². The summed E-state index contributed by atoms with van der Waals surface area (Å²) in [5.41, 5.74) is -0.280. The summed E-state index contributed by atoms with van der Waals surface area (Å²) in [6.45, 7) is 1.77. The molecular formula is C22H21F4N5O2. The third-order valence-electron chi connectivity index (χ3n) is 5.67. The van der Waals surface area contributed by atoms with Gasteiger partial charge in [0, 0.05) is 12.4 Å². The molecule has 0 spiro atoms. The molecule has 1 aromatic carbocycles. The van der Waals surface area contributed by atoms with Crippen molar-refractivity contribution in [3.63, 3.8) is 0 Å². The summed E-state index contributed by atoms with van der Waals surface area (Å²) in [5.74, 6) is -0.649. The Kier molecular flexibility index (Phi) is 6.15. The number of benzene rings is 1. The Morgan fingerprint density at radius 3 is 2.79 bits per heavy atom. The molecule has 0 saturated heterocycles. The molecular weight excluding hydrogens is 442 g/mol. The first-order valence-corrected chi connectivity index (χ1v) is 10.3. The van der Waals surface area contributed by atoms with Crippen molar-refractivity contribution in [3.8, 4) is 0 Å². The largest absolute Gasteiger partial charge is 0.416 e. The molecule has 2 aromatic heterocycles. The standard InChI is InChI=1S/C22H21F4N5O2/c1-12-7-17(18(23)19(12)32)29-21-15(9-27-11-28-21)20(33)16-5-6-31(30-16)10-13-3-2-4-14(8-13)22(24,25)26/h2-6,8-9,11-12,17-19,32H,7,10H2,1H3,(H,27,28,29)/t12-,17-,18-,19-/m1/s1. The molecule has 0 amide bonds. The average molecular weight is 463 g/mol. The van der Waals surface area contributed by atoms with Crippen molar-refractivity contribution in [1.29, 1.82) is 0 Å². The van der Waals surface area contributed by atoms with E-state index in [0.717, 1.165) is 12.1 Å². The van der Waals surface area contributed by atoms with E-state index in [9.17, 15) is 27.5 Å². The van der Waals surface area contributed by atoms with Crippen molar-refractivity contribution in [2.24, 2.45) is 5.92 Å². The maximum atomic E-state index is 14.4. The number of ketones is 1. The summed E-state index contributed by atoms with van der Waals surface area (Å²) >= 11 is 0. The first-order chi connectivity index (χ1) is 15.6. The molecule has 0 unspecified atom stereocenters. The van der Waals surface area contributed by atoms with E-state index in [0.29, 0.717) is 12.0 Å². The predicted molar refractivity (Wildman–Crippen MR) is 110 cm³/mol. The highest BCUT2D eigenvalue weighted by Gasteiger charge is 2.41. The molecule has 1 aliphatic carbocycles. The van der Waals surface area contributed by atoms with E-state index >= 15 is 0 Å². The van der Waals surface area contributed by atoms with E-state index in [1.54, 1.807) is 6.92 Å². The number of nitrogens with zero attached hydrogens (tertiary/aromatic N) is 4. The summed E-state index contributed by atoms with van der Waals surface area (Å²) in [4.78, 5) is 20.9. The highest BCUT2D eigenvalue weighted by Crippen LogP contribution is 2.32. The van der Waals surface area contributed by atoms with Gasteiger partial charge in [0.2, 0.25) is 5.78 Å². The van der Waals surface area contributed by atoms with E-state index in [4.69, 9.17) is 0 Å². The third kappa shape index (κ3) is 4.87. The highest BCUT2D eigenvalue weighted by molar-refractivity contribution is 6.10. The number of anilines is 1. The summed E-state index contributed by atoms with van der Waals surface area (Å²) in [7, 11) is 0. The fraction of sp³-hybridized carbons (Fsp3) is 0.364. The highest BCUT2D eigenvalue weighted by atomic mass is 19.4. The molecule has 33 heavy (non-hydrogen) atoms. The Morgan fingerprint density at radius 1 is 1.30 bits per heavy atom. The Bertz CT molecular complexity index is 1150. The molecule has 0 radical (unpaired) electrons. The first-order valence-electron chi connectivity index (χ1n) is 10.3. The van der Waals surface area contributed by atoms with Crippen LogP contribution < -0.4 is 5.32 Å². The van der Waals surface area contributed by atoms with Crippen molar-refractivity contribution in [1.82, 2.24) is 19.7 Å². The monoisotopic (exact) mass is 463 g/mol. The second kappa shape index (κ2) is 8.89. The number of alkyl halides is 4. The second-order valence-electron chi connectivity index (χ2n) is 8.11. The van der Waals surface area contributed by atoms with Gasteiger partial charge in [-0.15, -0.1) is 0 Å². The van der Waals surface area contributed by atoms with Crippen molar-refractivity contribution in [2.45, 2.75) is 44.4 Å². The number of aliphatic hydroxyl groups excluding tert-OH is 1. The molecule has 1 fully saturated rings. The number of carbonyl (C=O) groups is 1. The van der Waals surface area contributed by atoms with Gasteiger partial charge in [-0.05, 0) is 36.1 Å². The Balaban J connectivity index is 1.51. The van der Waals surface area contributed by atoms with E-state index < -0.39 is 35.8 Å². The van der Waals surface area contributed by atoms with Gasteiger partial charge in [0.15, 0.2) is 0 Å². The molecule has 1 saturated carbocycles. The zero-order chi connectivity index (χ0) is 23.8. The third-order valence-corrected chi connectivity index (χ3v) is 5.67. The van der Waals surface area contributed by atoms with Crippen LogP contribution in [-0.4, -0.2) is 49.0 Å². The zero-order valence-electron chi connectivity index (χ0n) is 17.5. The average Bonchev–Trinajstić information content (AvgIpc) is 3.34. The van der Waals surface area contributed by atoms with Crippen LogP contribution in [0.5, 0.6) is 0 Å². The van der Waals surface area contributed by atoms with Gasteiger partial charge in [-0.25, -0.2) is 14.4 Å². The summed E-state index contributed by atoms with van der Waals surface area (Å²) in [6, 6.07) is 5.58. The number of rotatable bonds is 6. The molecule has 0 bridgehead atoms. The van der Waals surface area contributed by atoms with Crippen LogP contribution in [0.1, 0.15) is 40.5 Å². The van der Waals surface area contributed by atoms with Crippen molar-refractivity contribution < 1.29 is 27.5 Å². The quantitative estimate of drug-likeness (QED) is 0.430. The van der Waals surface area contributed by atoms with Crippen LogP contribution in [0.15, 0.2) is 49.1 Å². The van der Waals surface area contributed by atoms with Crippen molar-refractivity contribution >= 4 is 11.6 Å². The summed E-state index contributed by atoms with van der Waals surface area (Å²) in [5, 5.41) is 16.9. The smallest absolute Gasteiger partial charge is 0.390 e. The number of carbonyl (C=O) groups excluding carboxylic acids is 1. The molecule has 0 aliphatic heterocycles. The normalized spacial score (nSPS) is 23.0. The number of aliphatic hydroxyl groups is 1. The fourth-order valence-corrected chi connectivity index (χ4v) is 3.89. The molecule has 2 N–H and O–H groups in total. The SMILES string of the molecule is C[C@@H]1C[C@@H](Nc2ncncc2C(=O)c2ccn(Cc3cccc(C(F)(F)F)c3)n2)[C@@H](F)[C@@H]1O. The van der Waals surface area contributed by atoms with Crippen LogP contribution in [0.4, 0.5) is 23.4 Å². The minimum absolute atomic E-state index is 0.0367. The minimum Gasteiger partial charge on any atom is -0.390 e. The Morgan fingerprint density at radius 2 is 2.09 bits per heavy atom. The van der Waals surface area contributed by atoms with Crippen molar-refractivity contribution in [2.75, 3.05) is 5.32 Å². The van der Waals surface area contributed by atoms with Gasteiger partial charge in [0.25, 0.3) is 0 Å². The van der Waals surface area contributed by atoms with Gasteiger partial charge in [-0.3, -0.25) is 9.48 Å². The van der Waals surface area contributed by atoms with E-state index in [1.807, 2.05) is 0 Å². The Labute approximate surface area is 186 Å². The first kappa shape index (κ1) is 22.8. The minimum atomic E-state index is -4.45. The second-order valence-corrected chi connectivity index (χ2v) is 8.11. The summed E-state index contributed by atoms with van der Waals surface area (Å²) in [6.07, 6.45) is -2.72. The maximum Gasteiger partial charge on any atom is 0.416 e. The van der Waals surface area contributed by atoms with Gasteiger partial charge in [0.1, 0.15) is 24.0 Å². The van der Waals surface area contributed by atoms with Crippen LogP contribution in [-0.2, 0) is 12.7 Å². The lowest BCUT2D eigenvalue weighted by atomic mass is 10.1. The molecule has 4 atom stereocenters. The van der Waals surface area contributed by atoms with Crippen LogP contribution in [0.25, 0.3) is 0 Å². The predicted octanol–water partition coefficient (Wildman–Crippen LogP) is 3.49. The maximum absolute atomic E-state index is 14.4. The topological polar surface area (TPSA) is 92.9 Å².